The van der Waals surface area contributed by atoms with Crippen molar-refractivity contribution >= 4 is 26.6 Å². The minimum absolute atomic E-state index is 0.110. The van der Waals surface area contributed by atoms with E-state index in [4.69, 9.17) is 4.28 Å². The van der Waals surface area contributed by atoms with Crippen LogP contribution < -0.4 is 0 Å². The van der Waals surface area contributed by atoms with Crippen molar-refractivity contribution in [1.29, 1.82) is 0 Å². The Morgan fingerprint density at radius 3 is 2.48 bits per heavy atom. The van der Waals surface area contributed by atoms with Gasteiger partial charge in [0.25, 0.3) is 0 Å². The van der Waals surface area contributed by atoms with Crippen LogP contribution in [0.2, 0.25) is 0 Å². The van der Waals surface area contributed by atoms with E-state index in [0.717, 1.165) is 28.3 Å². The van der Waals surface area contributed by atoms with Crippen LogP contribution in [0.25, 0.3) is 10.8 Å². The van der Waals surface area contributed by atoms with E-state index < -0.39 is 10.1 Å². The molecule has 0 N–H and O–H groups in total. The topological polar surface area (TPSA) is 55.7 Å². The van der Waals surface area contributed by atoms with Crippen LogP contribution in [-0.4, -0.2) is 14.1 Å². The molecule has 0 saturated carbocycles. The predicted octanol–water partition coefficient (Wildman–Crippen LogP) is 4.20. The van der Waals surface area contributed by atoms with Gasteiger partial charge in [-0.15, -0.1) is 0 Å². The largest absolute Gasteiger partial charge is 0.358 e. The van der Waals surface area contributed by atoms with Crippen LogP contribution in [0.1, 0.15) is 23.1 Å². The van der Waals surface area contributed by atoms with Gasteiger partial charge in [0.05, 0.1) is 5.71 Å². The Hall–Kier alpha value is -2.66. The van der Waals surface area contributed by atoms with E-state index in [1.807, 2.05) is 31.2 Å². The highest BCUT2D eigenvalue weighted by Gasteiger charge is 2.23. The minimum Gasteiger partial charge on any atom is -0.264 e. The molecule has 4 nitrogen and oxygen atoms in total. The van der Waals surface area contributed by atoms with Crippen molar-refractivity contribution in [3.8, 4) is 0 Å². The molecule has 0 bridgehead atoms. The van der Waals surface area contributed by atoms with Crippen molar-refractivity contribution in [1.82, 2.24) is 0 Å². The first-order valence-electron chi connectivity index (χ1n) is 8.13. The maximum absolute atomic E-state index is 12.3. The van der Waals surface area contributed by atoms with Crippen molar-refractivity contribution in [2.24, 2.45) is 5.16 Å². The SMILES string of the molecule is Cc1ccc(S(=O)(=O)O/N=C2\CCc3ccc4ccccc4c32)cc1. The molecule has 3 aromatic carbocycles. The van der Waals surface area contributed by atoms with Gasteiger partial charge in [0.1, 0.15) is 4.90 Å². The lowest BCUT2D eigenvalue weighted by Crippen LogP contribution is -2.05. The van der Waals surface area contributed by atoms with Crippen LogP contribution in [0.15, 0.2) is 70.7 Å². The molecule has 0 unspecified atom stereocenters. The number of nitrogens with zero attached hydrogens (tertiary/aromatic N) is 1. The number of rotatable bonds is 3. The van der Waals surface area contributed by atoms with Gasteiger partial charge in [-0.05, 0) is 48.2 Å². The first kappa shape index (κ1) is 15.8. The standard InChI is InChI=1S/C20H17NO3S/c1-14-6-11-17(12-7-14)25(22,23)24-21-19-13-10-16-9-8-15-4-2-3-5-18(15)20(16)19/h2-9,11-12H,10,13H2,1H3/b21-19+. The molecule has 0 spiro atoms. The van der Waals surface area contributed by atoms with Gasteiger partial charge in [-0.25, -0.2) is 0 Å². The molecule has 0 radical (unpaired) electrons. The Morgan fingerprint density at radius 2 is 1.68 bits per heavy atom. The van der Waals surface area contributed by atoms with Crippen LogP contribution in [0.3, 0.4) is 0 Å². The van der Waals surface area contributed by atoms with Gasteiger partial charge in [0.15, 0.2) is 0 Å². The average Bonchev–Trinajstić information content (AvgIpc) is 3.04. The van der Waals surface area contributed by atoms with E-state index in [9.17, 15) is 8.42 Å². The van der Waals surface area contributed by atoms with Crippen LogP contribution >= 0.6 is 0 Å². The van der Waals surface area contributed by atoms with Gasteiger partial charge in [0, 0.05) is 5.56 Å². The van der Waals surface area contributed by atoms with Crippen LogP contribution in [0.4, 0.5) is 0 Å². The Bertz CT molecular complexity index is 1080. The van der Waals surface area contributed by atoms with Gasteiger partial charge < -0.3 is 0 Å². The van der Waals surface area contributed by atoms with Gasteiger partial charge in [0.2, 0.25) is 0 Å². The second-order valence-corrected chi connectivity index (χ2v) is 7.73. The third kappa shape index (κ3) is 2.91. The first-order chi connectivity index (χ1) is 12.0. The van der Waals surface area contributed by atoms with Gasteiger partial charge in [-0.1, -0.05) is 59.3 Å². The van der Waals surface area contributed by atoms with Crippen LogP contribution in [-0.2, 0) is 20.8 Å². The summed E-state index contributed by atoms with van der Waals surface area (Å²) in [4.78, 5) is 0.110. The van der Waals surface area contributed by atoms with E-state index in [1.54, 1.807) is 12.1 Å². The molecule has 3 aromatic rings. The Morgan fingerprint density at radius 1 is 0.920 bits per heavy atom. The number of hydrogen-bond acceptors (Lipinski definition) is 4. The third-order valence-electron chi connectivity index (χ3n) is 4.49. The Kier molecular flexibility index (Phi) is 3.81. The number of benzene rings is 3. The molecule has 0 heterocycles. The summed E-state index contributed by atoms with van der Waals surface area (Å²) in [5.74, 6) is 0. The summed E-state index contributed by atoms with van der Waals surface area (Å²) in [5, 5.41) is 6.20. The highest BCUT2D eigenvalue weighted by molar-refractivity contribution is 7.86. The summed E-state index contributed by atoms with van der Waals surface area (Å²) < 4.78 is 29.7. The lowest BCUT2D eigenvalue weighted by molar-refractivity contribution is 0.338. The maximum Gasteiger partial charge on any atom is 0.358 e. The molecule has 0 saturated heterocycles. The number of fused-ring (bicyclic) bond motifs is 3. The van der Waals surface area contributed by atoms with Gasteiger partial charge in [-0.2, -0.15) is 8.42 Å². The van der Waals surface area contributed by atoms with Crippen molar-refractivity contribution < 1.29 is 12.7 Å². The Balaban J connectivity index is 1.71. The second-order valence-electron chi connectivity index (χ2n) is 6.20. The molecule has 0 aromatic heterocycles. The van der Waals surface area contributed by atoms with Crippen LogP contribution in [0.5, 0.6) is 0 Å². The fourth-order valence-corrected chi connectivity index (χ4v) is 3.92. The fraction of sp³-hybridized carbons (Fsp3) is 0.150. The minimum atomic E-state index is -3.91. The number of oxime groups is 1. The van der Waals surface area contributed by atoms with Crippen LogP contribution in [0, 0.1) is 6.92 Å². The molecular weight excluding hydrogens is 334 g/mol. The molecule has 0 amide bonds. The first-order valence-corrected chi connectivity index (χ1v) is 9.54. The average molecular weight is 351 g/mol. The lowest BCUT2D eigenvalue weighted by atomic mass is 10.0. The van der Waals surface area contributed by atoms with E-state index in [2.05, 4.69) is 17.3 Å². The van der Waals surface area contributed by atoms with Crippen molar-refractivity contribution in [3.63, 3.8) is 0 Å². The smallest absolute Gasteiger partial charge is 0.264 e. The zero-order chi connectivity index (χ0) is 17.4. The molecular formula is C20H17NO3S. The summed E-state index contributed by atoms with van der Waals surface area (Å²) >= 11 is 0. The van der Waals surface area contributed by atoms with Crippen molar-refractivity contribution in [2.75, 3.05) is 0 Å². The molecule has 1 aliphatic carbocycles. The fourth-order valence-electron chi connectivity index (χ4n) is 3.18. The molecule has 25 heavy (non-hydrogen) atoms. The van der Waals surface area contributed by atoms with Crippen molar-refractivity contribution in [3.05, 3.63) is 77.4 Å². The van der Waals surface area contributed by atoms with E-state index in [-0.39, 0.29) is 4.90 Å². The normalized spacial score (nSPS) is 15.5. The highest BCUT2D eigenvalue weighted by Crippen LogP contribution is 2.30. The van der Waals surface area contributed by atoms with E-state index in [0.29, 0.717) is 12.1 Å². The summed E-state index contributed by atoms with van der Waals surface area (Å²) in [6, 6.07) is 18.7. The molecule has 0 fully saturated rings. The number of aryl methyl sites for hydroxylation is 2. The summed E-state index contributed by atoms with van der Waals surface area (Å²) in [6.45, 7) is 1.90. The Labute approximate surface area is 146 Å². The summed E-state index contributed by atoms with van der Waals surface area (Å²) in [5.41, 5.74) is 3.84. The van der Waals surface area contributed by atoms with E-state index in [1.165, 1.54) is 17.7 Å². The zero-order valence-electron chi connectivity index (χ0n) is 13.8. The van der Waals surface area contributed by atoms with Crippen molar-refractivity contribution in [2.45, 2.75) is 24.7 Å². The molecule has 0 atom stereocenters. The molecule has 1 aliphatic rings. The summed E-state index contributed by atoms with van der Waals surface area (Å²) in [7, 11) is -3.91. The monoisotopic (exact) mass is 351 g/mol. The highest BCUT2D eigenvalue weighted by atomic mass is 32.2. The maximum atomic E-state index is 12.3. The molecule has 0 aliphatic heterocycles. The number of hydrogen-bond donors (Lipinski definition) is 0. The summed E-state index contributed by atoms with van der Waals surface area (Å²) in [6.07, 6.45) is 1.51. The molecule has 4 rings (SSSR count). The van der Waals surface area contributed by atoms with Gasteiger partial charge >= 0.3 is 10.1 Å². The predicted molar refractivity (Wildman–Crippen MR) is 98.3 cm³/mol. The third-order valence-corrected chi connectivity index (χ3v) is 5.61. The quantitative estimate of drug-likeness (QED) is 0.665. The second kappa shape index (κ2) is 6.01. The molecule has 126 valence electrons. The zero-order valence-corrected chi connectivity index (χ0v) is 14.6. The van der Waals surface area contributed by atoms with E-state index >= 15 is 0 Å². The lowest BCUT2D eigenvalue weighted by Gasteiger charge is -2.07. The van der Waals surface area contributed by atoms with Gasteiger partial charge in [-0.3, -0.25) is 4.28 Å². The molecule has 5 heteroatoms.